The van der Waals surface area contributed by atoms with Crippen LogP contribution in [0.2, 0.25) is 5.02 Å². The molecule has 2 N–H and O–H groups in total. The van der Waals surface area contributed by atoms with Crippen LogP contribution in [0.5, 0.6) is 0 Å². The largest absolute Gasteiger partial charge is 0.463 e. The molecule has 1 fully saturated rings. The number of aliphatic imine (C=N–C) groups is 1. The Bertz CT molecular complexity index is 1230. The second kappa shape index (κ2) is 11.2. The number of amides is 1. The molecule has 1 aromatic carbocycles. The second-order valence-electron chi connectivity index (χ2n) is 9.43. The number of alkyl carbamates (subject to hydrolysis) is 1. The van der Waals surface area contributed by atoms with Gasteiger partial charge in [-0.15, -0.1) is 11.3 Å². The Morgan fingerprint density at radius 3 is 2.81 bits per heavy atom. The van der Waals surface area contributed by atoms with E-state index in [2.05, 4.69) is 15.6 Å². The summed E-state index contributed by atoms with van der Waals surface area (Å²) in [6, 6.07) is 3.02. The molecule has 0 aliphatic carbocycles. The maximum absolute atomic E-state index is 14.5. The Labute approximate surface area is 223 Å². The van der Waals surface area contributed by atoms with Crippen molar-refractivity contribution >= 4 is 40.8 Å². The zero-order chi connectivity index (χ0) is 26.7. The van der Waals surface area contributed by atoms with Crippen LogP contribution in [0.1, 0.15) is 50.7 Å². The first-order valence-electron chi connectivity index (χ1n) is 11.8. The van der Waals surface area contributed by atoms with Gasteiger partial charge >= 0.3 is 12.1 Å². The van der Waals surface area contributed by atoms with Crippen molar-refractivity contribution in [2.24, 2.45) is 4.99 Å². The van der Waals surface area contributed by atoms with Gasteiger partial charge < -0.3 is 24.8 Å². The highest BCUT2D eigenvalue weighted by atomic mass is 35.5. The van der Waals surface area contributed by atoms with Crippen LogP contribution < -0.4 is 10.6 Å². The van der Waals surface area contributed by atoms with Crippen LogP contribution >= 0.6 is 22.9 Å². The predicted molar refractivity (Wildman–Crippen MR) is 137 cm³/mol. The number of hydrogen-bond acceptors (Lipinski definition) is 9. The lowest BCUT2D eigenvalue weighted by Gasteiger charge is -2.30. The summed E-state index contributed by atoms with van der Waals surface area (Å²) in [6.45, 7) is 7.34. The smallest absolute Gasteiger partial charge is 0.407 e. The monoisotopic (exact) mass is 550 g/mol. The fourth-order valence-corrected chi connectivity index (χ4v) is 4.88. The molecule has 37 heavy (non-hydrogen) atoms. The highest BCUT2D eigenvalue weighted by Gasteiger charge is 2.40. The molecule has 0 saturated carbocycles. The number of amidine groups is 1. The molecule has 0 radical (unpaired) electrons. The SMILES string of the molecule is CCOC(=O)C1=C([C@@H]2C[C@H](NC(=O)OC(C)(C)C)CO2)NC(c2nccs2)=NC1c1cccc(F)c1Cl. The van der Waals surface area contributed by atoms with Crippen molar-refractivity contribution in [2.75, 3.05) is 13.2 Å². The van der Waals surface area contributed by atoms with Crippen LogP contribution in [-0.2, 0) is 19.0 Å². The third-order valence-corrected chi connectivity index (χ3v) is 6.70. The topological polar surface area (TPSA) is 111 Å². The molecule has 1 saturated heterocycles. The van der Waals surface area contributed by atoms with E-state index >= 15 is 0 Å². The molecule has 2 aliphatic heterocycles. The fourth-order valence-electron chi connectivity index (χ4n) is 4.06. The molecule has 0 bridgehead atoms. The van der Waals surface area contributed by atoms with Gasteiger partial charge in [0.05, 0.1) is 35.5 Å². The van der Waals surface area contributed by atoms with Crippen molar-refractivity contribution in [3.63, 3.8) is 0 Å². The van der Waals surface area contributed by atoms with Crippen molar-refractivity contribution in [2.45, 2.75) is 57.9 Å². The molecule has 12 heteroatoms. The molecule has 2 aliphatic rings. The molecule has 1 unspecified atom stereocenters. The van der Waals surface area contributed by atoms with E-state index in [1.54, 1.807) is 45.3 Å². The molecule has 4 rings (SSSR count). The molecular formula is C25H28ClFN4O5S. The number of aromatic nitrogens is 1. The van der Waals surface area contributed by atoms with Gasteiger partial charge in [-0.1, -0.05) is 23.7 Å². The van der Waals surface area contributed by atoms with Gasteiger partial charge in [0.25, 0.3) is 0 Å². The lowest BCUT2D eigenvalue weighted by atomic mass is 9.92. The van der Waals surface area contributed by atoms with Gasteiger partial charge in [0.15, 0.2) is 10.8 Å². The number of esters is 1. The van der Waals surface area contributed by atoms with Gasteiger partial charge in [0.1, 0.15) is 23.6 Å². The number of hydrogen-bond donors (Lipinski definition) is 2. The third-order valence-electron chi connectivity index (χ3n) is 5.52. The Balaban J connectivity index is 1.73. The Morgan fingerprint density at radius 1 is 1.35 bits per heavy atom. The van der Waals surface area contributed by atoms with E-state index in [4.69, 9.17) is 30.8 Å². The molecule has 3 heterocycles. The van der Waals surface area contributed by atoms with E-state index < -0.39 is 35.6 Å². The molecule has 9 nitrogen and oxygen atoms in total. The Kier molecular flexibility index (Phi) is 8.15. The summed E-state index contributed by atoms with van der Waals surface area (Å²) in [5, 5.41) is 8.23. The van der Waals surface area contributed by atoms with Crippen LogP contribution in [0.3, 0.4) is 0 Å². The lowest BCUT2D eigenvalue weighted by Crippen LogP contribution is -2.41. The Hall–Kier alpha value is -3.02. The summed E-state index contributed by atoms with van der Waals surface area (Å²) >= 11 is 7.69. The molecule has 1 amide bonds. The molecule has 0 spiro atoms. The highest BCUT2D eigenvalue weighted by Crippen LogP contribution is 2.39. The van der Waals surface area contributed by atoms with Crippen molar-refractivity contribution in [1.82, 2.24) is 15.6 Å². The second-order valence-corrected chi connectivity index (χ2v) is 10.7. The third kappa shape index (κ3) is 6.28. The van der Waals surface area contributed by atoms with E-state index in [0.29, 0.717) is 28.5 Å². The predicted octanol–water partition coefficient (Wildman–Crippen LogP) is 4.53. The number of carbonyl (C=O) groups excluding carboxylic acids is 2. The van der Waals surface area contributed by atoms with E-state index in [1.807, 2.05) is 0 Å². The highest BCUT2D eigenvalue weighted by molar-refractivity contribution is 7.11. The molecular weight excluding hydrogens is 523 g/mol. The van der Waals surface area contributed by atoms with E-state index in [-0.39, 0.29) is 29.9 Å². The van der Waals surface area contributed by atoms with Gasteiger partial charge in [-0.2, -0.15) is 0 Å². The minimum Gasteiger partial charge on any atom is -0.463 e. The minimum absolute atomic E-state index is 0.122. The van der Waals surface area contributed by atoms with Gasteiger partial charge in [0, 0.05) is 23.6 Å². The Morgan fingerprint density at radius 2 is 2.14 bits per heavy atom. The number of nitrogens with zero attached hydrogens (tertiary/aromatic N) is 2. The summed E-state index contributed by atoms with van der Waals surface area (Å²) in [6.07, 6.45) is 0.789. The standard InChI is InChI=1S/C25H28ClFN4O5S/c1-5-34-23(32)17-19(14-7-6-8-15(27)18(14)26)30-21(22-28-9-10-37-22)31-20(17)16-11-13(12-35-16)29-24(33)36-25(2,3)4/h6-10,13,16,19H,5,11-12H2,1-4H3,(H,29,33)(H,30,31)/t13-,16-,19?/m0/s1. The first-order valence-corrected chi connectivity index (χ1v) is 13.0. The first kappa shape index (κ1) is 27.0. The number of ether oxygens (including phenoxy) is 3. The molecule has 198 valence electrons. The van der Waals surface area contributed by atoms with Crippen LogP contribution in [0.4, 0.5) is 9.18 Å². The number of rotatable bonds is 6. The van der Waals surface area contributed by atoms with Crippen molar-refractivity contribution in [1.29, 1.82) is 0 Å². The minimum atomic E-state index is -0.973. The van der Waals surface area contributed by atoms with Crippen LogP contribution in [0, 0.1) is 5.82 Å². The zero-order valence-electron chi connectivity index (χ0n) is 20.8. The normalized spacial score (nSPS) is 21.8. The summed E-state index contributed by atoms with van der Waals surface area (Å²) in [7, 11) is 0. The van der Waals surface area contributed by atoms with Gasteiger partial charge in [0.2, 0.25) is 0 Å². The average Bonchev–Trinajstić information content (AvgIpc) is 3.51. The summed E-state index contributed by atoms with van der Waals surface area (Å²) in [4.78, 5) is 34.6. The number of carbonyl (C=O) groups is 2. The first-order chi connectivity index (χ1) is 17.6. The number of benzene rings is 1. The zero-order valence-corrected chi connectivity index (χ0v) is 22.4. The van der Waals surface area contributed by atoms with Crippen LogP contribution in [-0.4, -0.2) is 53.8 Å². The fraction of sp³-hybridized carbons (Fsp3) is 0.440. The maximum Gasteiger partial charge on any atom is 0.407 e. The quantitative estimate of drug-likeness (QED) is 0.508. The van der Waals surface area contributed by atoms with Crippen molar-refractivity contribution < 1.29 is 28.2 Å². The number of nitrogens with one attached hydrogen (secondary N) is 2. The van der Waals surface area contributed by atoms with Crippen molar-refractivity contribution in [3.8, 4) is 0 Å². The number of halogens is 2. The summed E-state index contributed by atoms with van der Waals surface area (Å²) < 4.78 is 31.2. The van der Waals surface area contributed by atoms with Crippen LogP contribution in [0.15, 0.2) is 46.0 Å². The summed E-state index contributed by atoms with van der Waals surface area (Å²) in [5.74, 6) is -0.882. The molecule has 1 aromatic heterocycles. The summed E-state index contributed by atoms with van der Waals surface area (Å²) in [5.41, 5.74) is 0.207. The van der Waals surface area contributed by atoms with E-state index in [9.17, 15) is 14.0 Å². The molecule has 2 aromatic rings. The lowest BCUT2D eigenvalue weighted by molar-refractivity contribution is -0.139. The molecule has 3 atom stereocenters. The average molecular weight is 551 g/mol. The van der Waals surface area contributed by atoms with E-state index in [1.165, 1.54) is 23.5 Å². The number of thiazole rings is 1. The van der Waals surface area contributed by atoms with Crippen molar-refractivity contribution in [3.05, 3.63) is 62.5 Å². The van der Waals surface area contributed by atoms with Gasteiger partial charge in [-0.05, 0) is 33.8 Å². The van der Waals surface area contributed by atoms with Crippen LogP contribution in [0.25, 0.3) is 0 Å². The van der Waals surface area contributed by atoms with E-state index in [0.717, 1.165) is 0 Å². The van der Waals surface area contributed by atoms with Gasteiger partial charge in [-0.25, -0.2) is 19.0 Å². The van der Waals surface area contributed by atoms with Gasteiger partial charge in [-0.3, -0.25) is 4.99 Å². The maximum atomic E-state index is 14.5.